The Bertz CT molecular complexity index is 943. The Hall–Kier alpha value is -2.97. The normalized spacial score (nSPS) is 13.8. The Morgan fingerprint density at radius 3 is 1.96 bits per heavy atom. The minimum absolute atomic E-state index is 0.0149. The van der Waals surface area contributed by atoms with Crippen LogP contribution < -0.4 is 5.11 Å². The molecule has 0 N–H and O–H groups in total. The van der Waals surface area contributed by atoms with Gasteiger partial charge in [-0.2, -0.15) is 0 Å². The summed E-state index contributed by atoms with van der Waals surface area (Å²) in [6.45, 7) is 4.26. The lowest BCUT2D eigenvalue weighted by molar-refractivity contribution is -0.889. The van der Waals surface area contributed by atoms with Crippen LogP contribution in [0.1, 0.15) is 110 Å². The first kappa shape index (κ1) is 43.0. The van der Waals surface area contributed by atoms with Crippen LogP contribution >= 0.6 is 0 Å². The number of aliphatic carboxylic acids is 1. The fourth-order valence-corrected chi connectivity index (χ4v) is 4.54. The van der Waals surface area contributed by atoms with Gasteiger partial charge in [-0.25, -0.2) is 0 Å². The molecule has 2 atom stereocenters. The van der Waals surface area contributed by atoms with Crippen LogP contribution in [0.3, 0.4) is 0 Å². The minimum atomic E-state index is -1.14. The van der Waals surface area contributed by atoms with Crippen LogP contribution in [-0.4, -0.2) is 75.5 Å². The first-order chi connectivity index (χ1) is 22.1. The third-order valence-electron chi connectivity index (χ3n) is 7.22. The quantitative estimate of drug-likeness (QED) is 0.0285. The molecule has 0 aliphatic rings. The van der Waals surface area contributed by atoms with E-state index in [2.05, 4.69) is 62.5 Å². The number of quaternary nitrogens is 1. The SMILES string of the molecule is CC/C=C/C=C/C=C/CCCCCCCCCC(=O)OC(COCCC(C(=O)[O-])[N+](C)(C)C)COC(=O)CC/C=C/C/C=C/CC. The Labute approximate surface area is 279 Å². The molecule has 0 aromatic carbocycles. The Morgan fingerprint density at radius 1 is 0.674 bits per heavy atom. The monoisotopic (exact) mass is 645 g/mol. The molecule has 0 aliphatic heterocycles. The van der Waals surface area contributed by atoms with Crippen molar-refractivity contribution < 1.29 is 38.2 Å². The number of carbonyl (C=O) groups is 3. The van der Waals surface area contributed by atoms with E-state index in [1.807, 2.05) is 12.2 Å². The highest BCUT2D eigenvalue weighted by Gasteiger charge is 2.25. The second kappa shape index (κ2) is 29.4. The maximum atomic E-state index is 12.6. The van der Waals surface area contributed by atoms with Crippen molar-refractivity contribution in [2.24, 2.45) is 0 Å². The van der Waals surface area contributed by atoms with Crippen molar-refractivity contribution in [1.82, 2.24) is 0 Å². The highest BCUT2D eigenvalue weighted by molar-refractivity contribution is 5.70. The van der Waals surface area contributed by atoms with Gasteiger partial charge in [-0.05, 0) is 44.9 Å². The van der Waals surface area contributed by atoms with Crippen LogP contribution in [0.15, 0.2) is 60.8 Å². The van der Waals surface area contributed by atoms with Gasteiger partial charge in [0.15, 0.2) is 6.10 Å². The number of unbranched alkanes of at least 4 members (excludes halogenated alkanes) is 7. The predicted octanol–water partition coefficient (Wildman–Crippen LogP) is 6.96. The Morgan fingerprint density at radius 2 is 1.30 bits per heavy atom. The molecule has 8 heteroatoms. The van der Waals surface area contributed by atoms with Gasteiger partial charge in [0, 0.05) is 19.3 Å². The minimum Gasteiger partial charge on any atom is -0.544 e. The summed E-state index contributed by atoms with van der Waals surface area (Å²) in [6.07, 6.45) is 32.8. The third-order valence-corrected chi connectivity index (χ3v) is 7.22. The van der Waals surface area contributed by atoms with E-state index in [0.29, 0.717) is 12.8 Å². The average Bonchev–Trinajstić information content (AvgIpc) is 3.00. The highest BCUT2D eigenvalue weighted by atomic mass is 16.6. The standard InChI is InChI=1S/C38H63NO7/c1-6-8-10-12-14-15-16-17-18-19-20-21-23-25-27-29-37(41)46-34(32-44-31-30-35(38(42)43)39(3,4)5)33-45-36(40)28-26-24-22-13-11-9-7-2/h8-12,14-16,22,24,34-35H,6-7,13,17-21,23,25-33H2,1-5H3/b10-8+,11-9+,14-12+,16-15+,24-22+. The van der Waals surface area contributed by atoms with Gasteiger partial charge in [0.25, 0.3) is 0 Å². The van der Waals surface area contributed by atoms with Gasteiger partial charge in [-0.1, -0.05) is 107 Å². The van der Waals surface area contributed by atoms with E-state index in [4.69, 9.17) is 14.2 Å². The molecule has 46 heavy (non-hydrogen) atoms. The number of nitrogens with zero attached hydrogens (tertiary/aromatic N) is 1. The van der Waals surface area contributed by atoms with E-state index in [1.165, 1.54) is 19.3 Å². The van der Waals surface area contributed by atoms with Gasteiger partial charge in [-0.3, -0.25) is 9.59 Å². The van der Waals surface area contributed by atoms with Crippen molar-refractivity contribution in [2.75, 3.05) is 41.0 Å². The first-order valence-electron chi connectivity index (χ1n) is 17.3. The fourth-order valence-electron chi connectivity index (χ4n) is 4.54. The summed E-state index contributed by atoms with van der Waals surface area (Å²) in [6, 6.07) is -0.735. The molecule has 2 unspecified atom stereocenters. The zero-order chi connectivity index (χ0) is 34.3. The lowest BCUT2D eigenvalue weighted by Gasteiger charge is -2.34. The van der Waals surface area contributed by atoms with Gasteiger partial charge in [0.1, 0.15) is 12.6 Å². The van der Waals surface area contributed by atoms with Crippen LogP contribution in [0.5, 0.6) is 0 Å². The smallest absolute Gasteiger partial charge is 0.306 e. The largest absolute Gasteiger partial charge is 0.544 e. The molecule has 0 fully saturated rings. The van der Waals surface area contributed by atoms with E-state index < -0.39 is 18.1 Å². The number of esters is 2. The maximum absolute atomic E-state index is 12.6. The Kier molecular flexibility index (Phi) is 27.5. The molecule has 0 bridgehead atoms. The molecular formula is C38H63NO7. The van der Waals surface area contributed by atoms with Crippen molar-refractivity contribution in [3.05, 3.63) is 60.8 Å². The summed E-state index contributed by atoms with van der Waals surface area (Å²) in [5.41, 5.74) is 0. The van der Waals surface area contributed by atoms with Gasteiger partial charge in [0.05, 0.1) is 40.3 Å². The molecule has 262 valence electrons. The zero-order valence-electron chi connectivity index (χ0n) is 29.5. The average molecular weight is 646 g/mol. The number of hydrogen-bond acceptors (Lipinski definition) is 7. The predicted molar refractivity (Wildman–Crippen MR) is 185 cm³/mol. The molecule has 8 nitrogen and oxygen atoms in total. The lowest BCUT2D eigenvalue weighted by atomic mass is 10.1. The summed E-state index contributed by atoms with van der Waals surface area (Å²) in [5.74, 6) is -1.86. The van der Waals surface area contributed by atoms with E-state index >= 15 is 0 Å². The number of carboxylic acids is 1. The third kappa shape index (κ3) is 27.3. The second-order valence-corrected chi connectivity index (χ2v) is 12.4. The molecule has 0 amide bonds. The molecule has 0 radical (unpaired) electrons. The van der Waals surface area contributed by atoms with E-state index in [-0.39, 0.29) is 49.1 Å². The molecule has 0 heterocycles. The van der Waals surface area contributed by atoms with Crippen molar-refractivity contribution in [3.63, 3.8) is 0 Å². The summed E-state index contributed by atoms with van der Waals surface area (Å²) < 4.78 is 16.9. The molecule has 0 rings (SSSR count). The molecule has 0 aromatic heterocycles. The first-order valence-corrected chi connectivity index (χ1v) is 17.3. The number of carboxylic acid groups (broad SMARTS) is 1. The van der Waals surface area contributed by atoms with Crippen molar-refractivity contribution in [3.8, 4) is 0 Å². The number of hydrogen-bond donors (Lipinski definition) is 0. The Balaban J connectivity index is 4.49. The van der Waals surface area contributed by atoms with Crippen molar-refractivity contribution in [2.45, 2.75) is 122 Å². The van der Waals surface area contributed by atoms with Gasteiger partial charge in [0.2, 0.25) is 0 Å². The number of carbonyl (C=O) groups excluding carboxylic acids is 3. The molecular weight excluding hydrogens is 582 g/mol. The maximum Gasteiger partial charge on any atom is 0.306 e. The van der Waals surface area contributed by atoms with Crippen LogP contribution in [0.2, 0.25) is 0 Å². The number of allylic oxidation sites excluding steroid dienone is 10. The number of rotatable bonds is 29. The second-order valence-electron chi connectivity index (χ2n) is 12.4. The molecule has 0 spiro atoms. The van der Waals surface area contributed by atoms with Gasteiger partial charge < -0.3 is 28.6 Å². The van der Waals surface area contributed by atoms with Crippen molar-refractivity contribution in [1.29, 1.82) is 0 Å². The van der Waals surface area contributed by atoms with Crippen molar-refractivity contribution >= 4 is 17.9 Å². The van der Waals surface area contributed by atoms with E-state index in [0.717, 1.165) is 51.4 Å². The molecule has 0 aliphatic carbocycles. The van der Waals surface area contributed by atoms with Gasteiger partial charge in [-0.15, -0.1) is 0 Å². The molecule has 0 saturated heterocycles. The van der Waals surface area contributed by atoms with E-state index in [9.17, 15) is 19.5 Å². The molecule has 0 saturated carbocycles. The number of ether oxygens (including phenoxy) is 3. The number of likely N-dealkylation sites (N-methyl/N-ethyl adjacent to an activating group) is 1. The summed E-state index contributed by atoms with van der Waals surface area (Å²) in [4.78, 5) is 36.4. The van der Waals surface area contributed by atoms with Crippen LogP contribution in [0.25, 0.3) is 0 Å². The topological polar surface area (TPSA) is 102 Å². The summed E-state index contributed by atoms with van der Waals surface area (Å²) in [5, 5.41) is 11.5. The van der Waals surface area contributed by atoms with Crippen LogP contribution in [0.4, 0.5) is 0 Å². The highest BCUT2D eigenvalue weighted by Crippen LogP contribution is 2.12. The van der Waals surface area contributed by atoms with Crippen LogP contribution in [0, 0.1) is 0 Å². The fraction of sp³-hybridized carbons (Fsp3) is 0.658. The summed E-state index contributed by atoms with van der Waals surface area (Å²) >= 11 is 0. The lowest BCUT2D eigenvalue weighted by Crippen LogP contribution is -2.55. The molecule has 0 aromatic rings. The van der Waals surface area contributed by atoms with Crippen LogP contribution in [-0.2, 0) is 28.6 Å². The van der Waals surface area contributed by atoms with Gasteiger partial charge >= 0.3 is 11.9 Å². The summed E-state index contributed by atoms with van der Waals surface area (Å²) in [7, 11) is 5.36. The zero-order valence-corrected chi connectivity index (χ0v) is 29.5. The van der Waals surface area contributed by atoms with E-state index in [1.54, 1.807) is 21.1 Å².